The lowest BCUT2D eigenvalue weighted by molar-refractivity contribution is -0.00323. The number of nitrogens with two attached hydrogens (primary N) is 1. The van der Waals surface area contributed by atoms with E-state index in [1.165, 1.54) is 0 Å². The second kappa shape index (κ2) is 14.5. The van der Waals surface area contributed by atoms with Crippen LogP contribution in [0.5, 0.6) is 5.75 Å². The largest absolute Gasteiger partial charge is 0.489 e. The van der Waals surface area contributed by atoms with E-state index < -0.39 is 0 Å². The summed E-state index contributed by atoms with van der Waals surface area (Å²) >= 11 is 5.47. The lowest BCUT2D eigenvalue weighted by Crippen LogP contribution is -2.14. The van der Waals surface area contributed by atoms with Crippen LogP contribution in [-0.2, 0) is 18.9 Å². The van der Waals surface area contributed by atoms with Gasteiger partial charge in [-0.25, -0.2) is 0 Å². The van der Waals surface area contributed by atoms with Gasteiger partial charge < -0.3 is 29.4 Å². The quantitative estimate of drug-likeness (QED) is 0.297. The van der Waals surface area contributed by atoms with Crippen LogP contribution in [0.15, 0.2) is 24.3 Å². The summed E-state index contributed by atoms with van der Waals surface area (Å²) in [6.07, 6.45) is 0. The zero-order chi connectivity index (χ0) is 16.6. The third-order valence-electron chi connectivity index (χ3n) is 2.74. The van der Waals surface area contributed by atoms with E-state index in [9.17, 15) is 0 Å². The maximum Gasteiger partial charge on any atom is 0.142 e. The van der Waals surface area contributed by atoms with Gasteiger partial charge >= 0.3 is 0 Å². The number of rotatable bonds is 15. The van der Waals surface area contributed by atoms with Crippen LogP contribution in [0, 0.1) is 0 Å². The van der Waals surface area contributed by atoms with Gasteiger partial charge in [-0.1, -0.05) is 12.1 Å². The van der Waals surface area contributed by atoms with Crippen molar-refractivity contribution in [2.45, 2.75) is 0 Å². The summed E-state index contributed by atoms with van der Waals surface area (Å²) < 4.78 is 26.8. The smallest absolute Gasteiger partial charge is 0.142 e. The molecule has 0 unspecified atom stereocenters. The van der Waals surface area contributed by atoms with Gasteiger partial charge in [0.1, 0.15) is 12.4 Å². The first-order valence-corrected chi connectivity index (χ1v) is 8.22. The van der Waals surface area contributed by atoms with Gasteiger partial charge in [-0.05, 0) is 12.1 Å². The fourth-order valence-electron chi connectivity index (χ4n) is 1.64. The van der Waals surface area contributed by atoms with Crippen LogP contribution in [0.3, 0.4) is 0 Å². The van der Waals surface area contributed by atoms with Crippen LogP contribution in [0.25, 0.3) is 0 Å². The Labute approximate surface area is 142 Å². The van der Waals surface area contributed by atoms with E-state index >= 15 is 0 Å². The number of ether oxygens (including phenoxy) is 5. The van der Waals surface area contributed by atoms with Gasteiger partial charge in [-0.2, -0.15) is 0 Å². The van der Waals surface area contributed by atoms with E-state index in [0.29, 0.717) is 76.8 Å². The fraction of sp³-hybridized carbons (Fsp3) is 0.625. The van der Waals surface area contributed by atoms with Gasteiger partial charge in [0.2, 0.25) is 0 Å². The van der Waals surface area contributed by atoms with Crippen LogP contribution in [0.2, 0.25) is 0 Å². The first-order valence-electron chi connectivity index (χ1n) is 7.69. The molecule has 0 radical (unpaired) electrons. The Balaban J connectivity index is 1.79. The van der Waals surface area contributed by atoms with Crippen molar-refractivity contribution in [2.24, 2.45) is 0 Å². The zero-order valence-electron chi connectivity index (χ0n) is 13.4. The van der Waals surface area contributed by atoms with Crippen LogP contribution in [0.4, 0.5) is 5.69 Å². The van der Waals surface area contributed by atoms with Crippen LogP contribution >= 0.6 is 11.6 Å². The highest BCUT2D eigenvalue weighted by atomic mass is 35.5. The summed E-state index contributed by atoms with van der Waals surface area (Å²) in [5, 5.41) is 0. The summed E-state index contributed by atoms with van der Waals surface area (Å²) in [7, 11) is 0. The van der Waals surface area contributed by atoms with Crippen molar-refractivity contribution in [3.8, 4) is 5.75 Å². The number of hydrogen-bond acceptors (Lipinski definition) is 6. The van der Waals surface area contributed by atoms with E-state index in [-0.39, 0.29) is 0 Å². The fourth-order valence-corrected chi connectivity index (χ4v) is 1.75. The molecule has 6 nitrogen and oxygen atoms in total. The molecule has 0 aromatic heterocycles. The van der Waals surface area contributed by atoms with Gasteiger partial charge in [0.15, 0.2) is 0 Å². The molecule has 0 bridgehead atoms. The molecule has 2 N–H and O–H groups in total. The number of hydrogen-bond donors (Lipinski definition) is 1. The normalized spacial score (nSPS) is 10.8. The van der Waals surface area contributed by atoms with E-state index in [1.54, 1.807) is 6.07 Å². The third-order valence-corrected chi connectivity index (χ3v) is 2.90. The Kier molecular flexibility index (Phi) is 12.6. The number of benzene rings is 1. The molecule has 0 amide bonds. The Morgan fingerprint density at radius 1 is 0.696 bits per heavy atom. The first kappa shape index (κ1) is 20.0. The monoisotopic (exact) mass is 347 g/mol. The lowest BCUT2D eigenvalue weighted by Gasteiger charge is -2.09. The minimum atomic E-state index is 0.458. The van der Waals surface area contributed by atoms with Crippen molar-refractivity contribution >= 4 is 17.3 Å². The minimum absolute atomic E-state index is 0.458. The van der Waals surface area contributed by atoms with Crippen molar-refractivity contribution in [3.05, 3.63) is 24.3 Å². The summed E-state index contributed by atoms with van der Waals surface area (Å²) in [4.78, 5) is 0. The van der Waals surface area contributed by atoms with Crippen molar-refractivity contribution in [3.63, 3.8) is 0 Å². The highest BCUT2D eigenvalue weighted by molar-refractivity contribution is 6.17. The molecule has 1 aromatic rings. The number of alkyl halides is 1. The molecule has 0 aliphatic rings. The van der Waals surface area contributed by atoms with Crippen molar-refractivity contribution in [1.29, 1.82) is 0 Å². The van der Waals surface area contributed by atoms with Gasteiger partial charge in [-0.15, -0.1) is 11.6 Å². The van der Waals surface area contributed by atoms with Gasteiger partial charge in [0, 0.05) is 5.88 Å². The Morgan fingerprint density at radius 2 is 1.17 bits per heavy atom. The molecule has 23 heavy (non-hydrogen) atoms. The molecule has 7 heteroatoms. The maximum atomic E-state index is 5.76. The van der Waals surface area contributed by atoms with Crippen LogP contribution in [-0.4, -0.2) is 65.3 Å². The second-order valence-corrected chi connectivity index (χ2v) is 4.90. The van der Waals surface area contributed by atoms with Crippen molar-refractivity contribution in [2.75, 3.05) is 71.1 Å². The van der Waals surface area contributed by atoms with Gasteiger partial charge in [0.25, 0.3) is 0 Å². The number of nitrogen functional groups attached to an aromatic ring is 1. The lowest BCUT2D eigenvalue weighted by atomic mass is 10.3. The van der Waals surface area contributed by atoms with Gasteiger partial charge in [0.05, 0.1) is 58.5 Å². The highest BCUT2D eigenvalue weighted by Crippen LogP contribution is 2.19. The molecule has 0 saturated heterocycles. The molecule has 0 atom stereocenters. The predicted octanol–water partition coefficient (Wildman–Crippen LogP) is 1.95. The number of para-hydroxylation sites is 2. The highest BCUT2D eigenvalue weighted by Gasteiger charge is 1.98. The molecule has 1 rings (SSSR count). The zero-order valence-corrected chi connectivity index (χ0v) is 14.1. The number of anilines is 1. The topological polar surface area (TPSA) is 72.2 Å². The molecular formula is C16H26ClNO5. The van der Waals surface area contributed by atoms with Crippen LogP contribution in [0.1, 0.15) is 0 Å². The van der Waals surface area contributed by atoms with Crippen LogP contribution < -0.4 is 10.5 Å². The number of halogens is 1. The molecule has 0 aliphatic heterocycles. The Morgan fingerprint density at radius 3 is 1.70 bits per heavy atom. The van der Waals surface area contributed by atoms with E-state index in [2.05, 4.69) is 0 Å². The molecular weight excluding hydrogens is 322 g/mol. The maximum absolute atomic E-state index is 5.76. The molecule has 132 valence electrons. The van der Waals surface area contributed by atoms with E-state index in [1.807, 2.05) is 18.2 Å². The van der Waals surface area contributed by atoms with Crippen molar-refractivity contribution < 1.29 is 23.7 Å². The predicted molar refractivity (Wildman–Crippen MR) is 90.3 cm³/mol. The van der Waals surface area contributed by atoms with Gasteiger partial charge in [-0.3, -0.25) is 0 Å². The van der Waals surface area contributed by atoms with E-state index in [4.69, 9.17) is 41.0 Å². The molecule has 0 heterocycles. The average molecular weight is 348 g/mol. The average Bonchev–Trinajstić information content (AvgIpc) is 2.57. The standard InChI is InChI=1S/C16H26ClNO5/c17-5-6-19-7-8-20-9-10-21-11-12-22-13-14-23-16-4-2-1-3-15(16)18/h1-4H,5-14,18H2. The molecule has 0 aliphatic carbocycles. The second-order valence-electron chi connectivity index (χ2n) is 4.52. The van der Waals surface area contributed by atoms with E-state index in [0.717, 1.165) is 0 Å². The van der Waals surface area contributed by atoms with Crippen molar-refractivity contribution in [1.82, 2.24) is 0 Å². The molecule has 0 fully saturated rings. The Bertz CT molecular complexity index is 394. The first-order chi connectivity index (χ1) is 11.3. The SMILES string of the molecule is Nc1ccccc1OCCOCCOCCOCCOCCCl. The summed E-state index contributed by atoms with van der Waals surface area (Å²) in [6.45, 7) is 4.74. The summed E-state index contributed by atoms with van der Waals surface area (Å²) in [6, 6.07) is 7.38. The Hall–Kier alpha value is -1.05. The minimum Gasteiger partial charge on any atom is -0.489 e. The molecule has 1 aromatic carbocycles. The molecule has 0 saturated carbocycles. The molecule has 0 spiro atoms. The summed E-state index contributed by atoms with van der Waals surface area (Å²) in [5.41, 5.74) is 6.39. The summed E-state index contributed by atoms with van der Waals surface area (Å²) in [5.74, 6) is 1.19. The third kappa shape index (κ3) is 11.2.